The second-order valence-electron chi connectivity index (χ2n) is 5.94. The van der Waals surface area contributed by atoms with Crippen LogP contribution in [-0.2, 0) is 4.79 Å². The van der Waals surface area contributed by atoms with Crippen molar-refractivity contribution in [3.8, 4) is 0 Å². The summed E-state index contributed by atoms with van der Waals surface area (Å²) in [5.41, 5.74) is 3.78. The van der Waals surface area contributed by atoms with E-state index < -0.39 is 5.97 Å². The summed E-state index contributed by atoms with van der Waals surface area (Å²) in [4.78, 5) is 11.0. The van der Waals surface area contributed by atoms with Crippen molar-refractivity contribution in [2.75, 3.05) is 0 Å². The minimum absolute atomic E-state index is 0.156. The molecule has 0 spiro atoms. The van der Waals surface area contributed by atoms with Gasteiger partial charge in [-0.1, -0.05) is 24.6 Å². The molecule has 0 aromatic carbocycles. The molecule has 2 atom stereocenters. The molecular formula is C15H22O2. The van der Waals surface area contributed by atoms with Gasteiger partial charge in [0.25, 0.3) is 0 Å². The fourth-order valence-corrected chi connectivity index (χ4v) is 3.57. The van der Waals surface area contributed by atoms with Crippen molar-refractivity contribution in [1.82, 2.24) is 0 Å². The molecule has 2 rings (SSSR count). The fourth-order valence-electron chi connectivity index (χ4n) is 3.57. The van der Waals surface area contributed by atoms with Crippen LogP contribution in [0.4, 0.5) is 0 Å². The molecule has 0 unspecified atom stereocenters. The van der Waals surface area contributed by atoms with Crippen LogP contribution >= 0.6 is 0 Å². The highest BCUT2D eigenvalue weighted by Crippen LogP contribution is 2.51. The summed E-state index contributed by atoms with van der Waals surface area (Å²) in [5, 5.41) is 9.04. The first-order valence-corrected chi connectivity index (χ1v) is 6.55. The van der Waals surface area contributed by atoms with Crippen LogP contribution in [0.1, 0.15) is 52.4 Å². The topological polar surface area (TPSA) is 37.3 Å². The lowest BCUT2D eigenvalue weighted by Gasteiger charge is -2.44. The molecule has 1 fully saturated rings. The van der Waals surface area contributed by atoms with E-state index in [1.54, 1.807) is 0 Å². The molecule has 0 heterocycles. The lowest BCUT2D eigenvalue weighted by atomic mass is 9.61. The molecule has 0 aliphatic heterocycles. The Labute approximate surface area is 103 Å². The van der Waals surface area contributed by atoms with Crippen LogP contribution in [-0.4, -0.2) is 11.1 Å². The predicted molar refractivity (Wildman–Crippen MR) is 68.8 cm³/mol. The van der Waals surface area contributed by atoms with E-state index in [1.807, 2.05) is 0 Å². The molecule has 0 aromatic heterocycles. The lowest BCUT2D eigenvalue weighted by Crippen LogP contribution is -2.32. The number of rotatable bonds is 2. The van der Waals surface area contributed by atoms with E-state index in [-0.39, 0.29) is 5.92 Å². The van der Waals surface area contributed by atoms with Gasteiger partial charge in [0, 0.05) is 5.57 Å². The van der Waals surface area contributed by atoms with Gasteiger partial charge in [0.05, 0.1) is 0 Å². The molecule has 0 aromatic rings. The van der Waals surface area contributed by atoms with Crippen LogP contribution in [0.3, 0.4) is 0 Å². The van der Waals surface area contributed by atoms with Gasteiger partial charge in [-0.05, 0) is 56.8 Å². The minimum Gasteiger partial charge on any atom is -0.478 e. The van der Waals surface area contributed by atoms with Crippen molar-refractivity contribution in [3.05, 3.63) is 23.3 Å². The van der Waals surface area contributed by atoms with Gasteiger partial charge >= 0.3 is 5.97 Å². The maximum atomic E-state index is 11.0. The third kappa shape index (κ3) is 2.18. The number of aliphatic carboxylic acids is 1. The van der Waals surface area contributed by atoms with E-state index in [4.69, 9.17) is 5.11 Å². The number of allylic oxidation sites excluding steroid dienone is 2. The summed E-state index contributed by atoms with van der Waals surface area (Å²) >= 11 is 0. The SMILES string of the molecule is C=C(C(=O)O)[C@H]1CC[C@@]2(C)CCCC(C)=C2C1. The average Bonchev–Trinajstić information content (AvgIpc) is 2.27. The Balaban J connectivity index is 2.22. The normalized spacial score (nSPS) is 33.2. The highest BCUT2D eigenvalue weighted by molar-refractivity contribution is 5.86. The van der Waals surface area contributed by atoms with E-state index in [0.29, 0.717) is 11.0 Å². The van der Waals surface area contributed by atoms with Crippen molar-refractivity contribution in [2.45, 2.75) is 52.4 Å². The summed E-state index contributed by atoms with van der Waals surface area (Å²) in [6.45, 7) is 8.31. The van der Waals surface area contributed by atoms with Crippen molar-refractivity contribution >= 4 is 5.97 Å². The lowest BCUT2D eigenvalue weighted by molar-refractivity contribution is -0.133. The summed E-state index contributed by atoms with van der Waals surface area (Å²) in [6, 6.07) is 0. The van der Waals surface area contributed by atoms with Crippen molar-refractivity contribution < 1.29 is 9.90 Å². The molecule has 2 nitrogen and oxygen atoms in total. The number of hydrogen-bond acceptors (Lipinski definition) is 1. The van der Waals surface area contributed by atoms with Gasteiger partial charge < -0.3 is 5.11 Å². The highest BCUT2D eigenvalue weighted by atomic mass is 16.4. The van der Waals surface area contributed by atoms with Crippen LogP contribution in [0, 0.1) is 11.3 Å². The molecule has 0 bridgehead atoms. The monoisotopic (exact) mass is 234 g/mol. The van der Waals surface area contributed by atoms with Crippen molar-refractivity contribution in [3.63, 3.8) is 0 Å². The third-order valence-electron chi connectivity index (χ3n) is 4.79. The first kappa shape index (κ1) is 12.4. The van der Waals surface area contributed by atoms with Crippen LogP contribution in [0.15, 0.2) is 23.3 Å². The smallest absolute Gasteiger partial charge is 0.331 e. The molecule has 2 heteroatoms. The van der Waals surface area contributed by atoms with Crippen LogP contribution in [0.5, 0.6) is 0 Å². The predicted octanol–water partition coefficient (Wildman–Crippen LogP) is 3.93. The summed E-state index contributed by atoms with van der Waals surface area (Å²) in [5.74, 6) is -0.670. The Hall–Kier alpha value is -1.05. The van der Waals surface area contributed by atoms with Gasteiger partial charge in [-0.2, -0.15) is 0 Å². The Kier molecular flexibility index (Phi) is 3.15. The fraction of sp³-hybridized carbons (Fsp3) is 0.667. The third-order valence-corrected chi connectivity index (χ3v) is 4.79. The van der Waals surface area contributed by atoms with Crippen LogP contribution in [0.2, 0.25) is 0 Å². The first-order valence-electron chi connectivity index (χ1n) is 6.55. The maximum Gasteiger partial charge on any atom is 0.331 e. The molecule has 0 amide bonds. The average molecular weight is 234 g/mol. The number of carbonyl (C=O) groups is 1. The molecule has 94 valence electrons. The Morgan fingerprint density at radius 3 is 2.82 bits per heavy atom. The Morgan fingerprint density at radius 2 is 2.18 bits per heavy atom. The molecule has 0 radical (unpaired) electrons. The highest BCUT2D eigenvalue weighted by Gasteiger charge is 2.39. The zero-order valence-corrected chi connectivity index (χ0v) is 10.9. The van der Waals surface area contributed by atoms with Crippen molar-refractivity contribution in [1.29, 1.82) is 0 Å². The van der Waals surface area contributed by atoms with E-state index in [0.717, 1.165) is 19.3 Å². The van der Waals surface area contributed by atoms with Gasteiger partial charge in [0.2, 0.25) is 0 Å². The molecule has 1 saturated carbocycles. The van der Waals surface area contributed by atoms with E-state index in [9.17, 15) is 4.79 Å². The summed E-state index contributed by atoms with van der Waals surface area (Å²) in [7, 11) is 0. The molecular weight excluding hydrogens is 212 g/mol. The standard InChI is InChI=1S/C15H22O2/c1-10-5-4-7-15(3)8-6-12(9-13(10)15)11(2)14(16)17/h12H,2,4-9H2,1,3H3,(H,16,17)/t12-,15+/m0/s1. The zero-order valence-electron chi connectivity index (χ0n) is 10.9. The second-order valence-corrected chi connectivity index (χ2v) is 5.94. The van der Waals surface area contributed by atoms with Gasteiger partial charge in [0.1, 0.15) is 0 Å². The van der Waals surface area contributed by atoms with E-state index >= 15 is 0 Å². The van der Waals surface area contributed by atoms with Gasteiger partial charge in [-0.25, -0.2) is 4.79 Å². The molecule has 2 aliphatic carbocycles. The molecule has 17 heavy (non-hydrogen) atoms. The summed E-state index contributed by atoms with van der Waals surface area (Å²) in [6.07, 6.45) is 6.78. The second kappa shape index (κ2) is 4.32. The Bertz CT molecular complexity index is 392. The minimum atomic E-state index is -0.826. The van der Waals surface area contributed by atoms with Gasteiger partial charge in [-0.3, -0.25) is 0 Å². The van der Waals surface area contributed by atoms with Crippen LogP contribution < -0.4 is 0 Å². The zero-order chi connectivity index (χ0) is 12.6. The molecule has 1 N–H and O–H groups in total. The number of hydrogen-bond donors (Lipinski definition) is 1. The summed E-state index contributed by atoms with van der Waals surface area (Å²) < 4.78 is 0. The number of carboxylic acids is 1. The number of carboxylic acid groups (broad SMARTS) is 1. The Morgan fingerprint density at radius 1 is 1.47 bits per heavy atom. The van der Waals surface area contributed by atoms with Gasteiger partial charge in [-0.15, -0.1) is 0 Å². The van der Waals surface area contributed by atoms with Crippen LogP contribution in [0.25, 0.3) is 0 Å². The van der Waals surface area contributed by atoms with Crippen molar-refractivity contribution in [2.24, 2.45) is 11.3 Å². The van der Waals surface area contributed by atoms with E-state index in [2.05, 4.69) is 20.4 Å². The molecule has 0 saturated heterocycles. The van der Waals surface area contributed by atoms with Gasteiger partial charge in [0.15, 0.2) is 0 Å². The largest absolute Gasteiger partial charge is 0.478 e. The van der Waals surface area contributed by atoms with E-state index in [1.165, 1.54) is 30.4 Å². The first-order chi connectivity index (χ1) is 7.94. The number of fused-ring (bicyclic) bond motifs is 1. The maximum absolute atomic E-state index is 11.0. The molecule has 2 aliphatic rings. The quantitative estimate of drug-likeness (QED) is 0.580.